The molecule has 2 heterocycles. The van der Waals surface area contributed by atoms with Gasteiger partial charge in [-0.1, -0.05) is 37.3 Å². The smallest absolute Gasteiger partial charge is 0.0457 e. The van der Waals surface area contributed by atoms with Crippen LogP contribution in [-0.4, -0.2) is 9.97 Å². The van der Waals surface area contributed by atoms with E-state index in [-0.39, 0.29) is 0 Å². The molecule has 0 saturated heterocycles. The second-order valence-corrected chi connectivity index (χ2v) is 5.46. The van der Waals surface area contributed by atoms with Crippen LogP contribution in [-0.2, 0) is 0 Å². The Morgan fingerprint density at radius 1 is 0.952 bits per heavy atom. The highest BCUT2D eigenvalue weighted by molar-refractivity contribution is 5.85. The van der Waals surface area contributed by atoms with E-state index in [0.717, 1.165) is 6.42 Å². The monoisotopic (exact) mass is 273 g/mol. The average molecular weight is 273 g/mol. The van der Waals surface area contributed by atoms with Crippen molar-refractivity contribution in [1.29, 1.82) is 0 Å². The van der Waals surface area contributed by atoms with Crippen molar-refractivity contribution in [1.82, 2.24) is 9.97 Å². The van der Waals surface area contributed by atoms with Crippen LogP contribution in [0.2, 0.25) is 0 Å². The zero-order chi connectivity index (χ0) is 14.2. The Morgan fingerprint density at radius 2 is 1.86 bits per heavy atom. The standard InChI is InChI=1S/C19H17N2/c1-2-15(14-8-7-13-9-10-20-19(13)11-14)17-12-21-18-6-4-3-5-16(17)18/h3-12,15,20-21H,1-2H2. The van der Waals surface area contributed by atoms with E-state index in [1.165, 1.54) is 32.9 Å². The summed E-state index contributed by atoms with van der Waals surface area (Å²) in [6, 6.07) is 17.2. The minimum atomic E-state index is 0.314. The number of hydrogen-bond donors (Lipinski definition) is 2. The van der Waals surface area contributed by atoms with Gasteiger partial charge in [-0.2, -0.15) is 0 Å². The molecule has 0 spiro atoms. The first kappa shape index (κ1) is 12.3. The fourth-order valence-corrected chi connectivity index (χ4v) is 3.17. The van der Waals surface area contributed by atoms with Gasteiger partial charge >= 0.3 is 0 Å². The van der Waals surface area contributed by atoms with E-state index in [2.05, 4.69) is 71.6 Å². The highest BCUT2D eigenvalue weighted by atomic mass is 14.7. The van der Waals surface area contributed by atoms with Gasteiger partial charge in [0.1, 0.15) is 0 Å². The molecule has 4 rings (SSSR count). The molecule has 0 saturated carbocycles. The maximum absolute atomic E-state index is 4.17. The van der Waals surface area contributed by atoms with Gasteiger partial charge in [0.05, 0.1) is 0 Å². The second-order valence-electron chi connectivity index (χ2n) is 5.46. The molecule has 21 heavy (non-hydrogen) atoms. The lowest BCUT2D eigenvalue weighted by atomic mass is 9.88. The number of para-hydroxylation sites is 1. The van der Waals surface area contributed by atoms with Gasteiger partial charge < -0.3 is 9.97 Å². The molecule has 1 radical (unpaired) electrons. The summed E-state index contributed by atoms with van der Waals surface area (Å²) in [6.45, 7) is 4.17. The molecule has 0 aliphatic carbocycles. The van der Waals surface area contributed by atoms with Gasteiger partial charge in [0.2, 0.25) is 0 Å². The van der Waals surface area contributed by atoms with Crippen molar-refractivity contribution in [3.8, 4) is 0 Å². The van der Waals surface area contributed by atoms with Crippen molar-refractivity contribution < 1.29 is 0 Å². The van der Waals surface area contributed by atoms with Crippen LogP contribution < -0.4 is 0 Å². The molecule has 2 N–H and O–H groups in total. The van der Waals surface area contributed by atoms with E-state index < -0.39 is 0 Å². The molecule has 0 amide bonds. The Hall–Kier alpha value is -2.48. The lowest BCUT2D eigenvalue weighted by Crippen LogP contribution is -1.99. The maximum atomic E-state index is 4.17. The molecule has 1 unspecified atom stereocenters. The number of aromatic nitrogens is 2. The van der Waals surface area contributed by atoms with Crippen LogP contribution in [0.15, 0.2) is 60.9 Å². The molecule has 0 aliphatic heterocycles. The number of aromatic amines is 2. The normalized spacial score (nSPS) is 13.0. The minimum Gasteiger partial charge on any atom is -0.361 e. The lowest BCUT2D eigenvalue weighted by molar-refractivity contribution is 0.836. The highest BCUT2D eigenvalue weighted by Gasteiger charge is 2.16. The molecule has 2 heteroatoms. The molecule has 2 aromatic carbocycles. The maximum Gasteiger partial charge on any atom is 0.0457 e. The average Bonchev–Trinajstić information content (AvgIpc) is 3.15. The van der Waals surface area contributed by atoms with Gasteiger partial charge in [0.15, 0.2) is 0 Å². The first-order valence-corrected chi connectivity index (χ1v) is 7.29. The van der Waals surface area contributed by atoms with Crippen LogP contribution in [0.4, 0.5) is 0 Å². The number of benzene rings is 2. The Morgan fingerprint density at radius 3 is 2.76 bits per heavy atom. The van der Waals surface area contributed by atoms with Crippen LogP contribution in [0.5, 0.6) is 0 Å². The van der Waals surface area contributed by atoms with Gasteiger partial charge in [-0.3, -0.25) is 0 Å². The summed E-state index contributed by atoms with van der Waals surface area (Å²) in [6.07, 6.45) is 4.95. The van der Waals surface area contributed by atoms with Crippen LogP contribution in [0.25, 0.3) is 21.8 Å². The Bertz CT molecular complexity index is 898. The number of fused-ring (bicyclic) bond motifs is 2. The van der Waals surface area contributed by atoms with Crippen molar-refractivity contribution in [3.05, 3.63) is 79.0 Å². The fourth-order valence-electron chi connectivity index (χ4n) is 3.17. The van der Waals surface area contributed by atoms with E-state index in [1.54, 1.807) is 0 Å². The second kappa shape index (κ2) is 4.81. The van der Waals surface area contributed by atoms with E-state index in [4.69, 9.17) is 0 Å². The Labute approximate surface area is 123 Å². The summed E-state index contributed by atoms with van der Waals surface area (Å²) >= 11 is 0. The van der Waals surface area contributed by atoms with Crippen molar-refractivity contribution in [2.45, 2.75) is 12.3 Å². The van der Waals surface area contributed by atoms with Crippen LogP contribution in [0, 0.1) is 6.92 Å². The summed E-state index contributed by atoms with van der Waals surface area (Å²) in [4.78, 5) is 6.66. The van der Waals surface area contributed by atoms with Crippen LogP contribution in [0.3, 0.4) is 0 Å². The molecule has 0 aliphatic rings. The third-order valence-electron chi connectivity index (χ3n) is 4.27. The van der Waals surface area contributed by atoms with Gasteiger partial charge in [-0.25, -0.2) is 0 Å². The quantitative estimate of drug-likeness (QED) is 0.526. The number of H-pyrrole nitrogens is 2. The SMILES string of the molecule is [CH2]CC(c1ccc2cc[nH]c2c1)c1c[nH]c2ccccc12. The summed E-state index contributed by atoms with van der Waals surface area (Å²) in [5.74, 6) is 0.314. The third-order valence-corrected chi connectivity index (χ3v) is 4.27. The molecule has 1 atom stereocenters. The summed E-state index contributed by atoms with van der Waals surface area (Å²) in [5.41, 5.74) is 5.01. The zero-order valence-electron chi connectivity index (χ0n) is 11.8. The minimum absolute atomic E-state index is 0.314. The Kier molecular flexibility index (Phi) is 2.81. The van der Waals surface area contributed by atoms with E-state index >= 15 is 0 Å². The third kappa shape index (κ3) is 1.95. The van der Waals surface area contributed by atoms with Gasteiger partial charge in [-0.15, -0.1) is 0 Å². The molecular formula is C19H17N2. The number of hydrogen-bond acceptors (Lipinski definition) is 0. The van der Waals surface area contributed by atoms with E-state index in [9.17, 15) is 0 Å². The van der Waals surface area contributed by atoms with Crippen LogP contribution in [0.1, 0.15) is 23.5 Å². The first-order valence-electron chi connectivity index (χ1n) is 7.29. The number of nitrogens with one attached hydrogen (secondary N) is 2. The number of rotatable bonds is 3. The predicted molar refractivity (Wildman–Crippen MR) is 88.4 cm³/mol. The van der Waals surface area contributed by atoms with Gasteiger partial charge in [0.25, 0.3) is 0 Å². The van der Waals surface area contributed by atoms with Crippen molar-refractivity contribution in [3.63, 3.8) is 0 Å². The van der Waals surface area contributed by atoms with E-state index in [0.29, 0.717) is 5.92 Å². The van der Waals surface area contributed by atoms with Crippen molar-refractivity contribution in [2.24, 2.45) is 0 Å². The van der Waals surface area contributed by atoms with Gasteiger partial charge in [0, 0.05) is 34.7 Å². The molecule has 2 aromatic heterocycles. The van der Waals surface area contributed by atoms with Crippen molar-refractivity contribution >= 4 is 21.8 Å². The highest BCUT2D eigenvalue weighted by Crippen LogP contribution is 2.34. The van der Waals surface area contributed by atoms with Crippen molar-refractivity contribution in [2.75, 3.05) is 0 Å². The zero-order valence-corrected chi connectivity index (χ0v) is 11.8. The Balaban J connectivity index is 1.87. The topological polar surface area (TPSA) is 31.6 Å². The predicted octanol–water partition coefficient (Wildman–Crippen LogP) is 5.01. The molecule has 0 fully saturated rings. The molecule has 4 aromatic rings. The fraction of sp³-hybridized carbons (Fsp3) is 0.105. The molecule has 103 valence electrons. The lowest BCUT2D eigenvalue weighted by Gasteiger charge is -2.15. The molecule has 0 bridgehead atoms. The van der Waals surface area contributed by atoms with Crippen LogP contribution >= 0.6 is 0 Å². The van der Waals surface area contributed by atoms with Gasteiger partial charge in [-0.05, 0) is 41.1 Å². The summed E-state index contributed by atoms with van der Waals surface area (Å²) in [5, 5.41) is 2.54. The van der Waals surface area contributed by atoms with E-state index in [1.807, 2.05) is 6.20 Å². The summed E-state index contributed by atoms with van der Waals surface area (Å²) < 4.78 is 0. The summed E-state index contributed by atoms with van der Waals surface area (Å²) in [7, 11) is 0. The molecular weight excluding hydrogens is 256 g/mol. The largest absolute Gasteiger partial charge is 0.361 e. The molecule has 2 nitrogen and oxygen atoms in total. The first-order chi connectivity index (χ1) is 10.4.